The van der Waals surface area contributed by atoms with E-state index < -0.39 is 0 Å². The molecule has 1 aliphatic carbocycles. The van der Waals surface area contributed by atoms with Crippen molar-refractivity contribution in [1.29, 1.82) is 0 Å². The van der Waals surface area contributed by atoms with Gasteiger partial charge in [0, 0.05) is 17.9 Å². The first-order valence-electron chi connectivity index (χ1n) is 6.26. The molecule has 0 radical (unpaired) electrons. The molecule has 1 saturated carbocycles. The van der Waals surface area contributed by atoms with Gasteiger partial charge in [0.15, 0.2) is 11.5 Å². The van der Waals surface area contributed by atoms with Crippen molar-refractivity contribution in [3.05, 3.63) is 29.7 Å². The van der Waals surface area contributed by atoms with Crippen molar-refractivity contribution >= 4 is 11.1 Å². The zero-order valence-electron chi connectivity index (χ0n) is 10.4. The zero-order chi connectivity index (χ0) is 12.0. The molecule has 17 heavy (non-hydrogen) atoms. The molecular formula is C14H18N2O. The highest BCUT2D eigenvalue weighted by Gasteiger charge is 2.42. The van der Waals surface area contributed by atoms with Crippen LogP contribution in [0.2, 0.25) is 0 Å². The van der Waals surface area contributed by atoms with E-state index in [0.29, 0.717) is 5.92 Å². The van der Waals surface area contributed by atoms with Crippen LogP contribution in [-0.4, -0.2) is 11.5 Å². The fraction of sp³-hybridized carbons (Fsp3) is 0.500. The Morgan fingerprint density at radius 2 is 2.18 bits per heavy atom. The zero-order valence-corrected chi connectivity index (χ0v) is 10.4. The predicted molar refractivity (Wildman–Crippen MR) is 68.1 cm³/mol. The number of hydrogen-bond acceptors (Lipinski definition) is 3. The van der Waals surface area contributed by atoms with Crippen LogP contribution in [0.5, 0.6) is 0 Å². The van der Waals surface area contributed by atoms with E-state index in [2.05, 4.69) is 31.0 Å². The first kappa shape index (κ1) is 10.8. The molecule has 1 aliphatic rings. The fourth-order valence-corrected chi connectivity index (χ4v) is 2.28. The highest BCUT2D eigenvalue weighted by atomic mass is 16.3. The van der Waals surface area contributed by atoms with Gasteiger partial charge in [0.05, 0.1) is 0 Å². The van der Waals surface area contributed by atoms with Crippen molar-refractivity contribution < 1.29 is 4.42 Å². The summed E-state index contributed by atoms with van der Waals surface area (Å²) in [6.07, 6.45) is 2.40. The monoisotopic (exact) mass is 230 g/mol. The molecule has 0 amide bonds. The normalized spacial score (nSPS) is 17.9. The second-order valence-electron chi connectivity index (χ2n) is 5.37. The lowest BCUT2D eigenvalue weighted by Gasteiger charge is -2.11. The first-order valence-corrected chi connectivity index (χ1v) is 6.26. The molecule has 0 unspecified atom stereocenters. The van der Waals surface area contributed by atoms with Crippen LogP contribution in [0.3, 0.4) is 0 Å². The summed E-state index contributed by atoms with van der Waals surface area (Å²) in [7, 11) is 0. The van der Waals surface area contributed by atoms with Gasteiger partial charge in [-0.05, 0) is 30.5 Å². The van der Waals surface area contributed by atoms with Gasteiger partial charge in [0.1, 0.15) is 5.52 Å². The van der Waals surface area contributed by atoms with Crippen molar-refractivity contribution in [2.24, 2.45) is 5.73 Å². The lowest BCUT2D eigenvalue weighted by atomic mass is 9.96. The molecule has 90 valence electrons. The van der Waals surface area contributed by atoms with E-state index in [9.17, 15) is 0 Å². The van der Waals surface area contributed by atoms with Gasteiger partial charge in [-0.2, -0.15) is 0 Å². The molecule has 1 aromatic heterocycles. The van der Waals surface area contributed by atoms with Crippen LogP contribution in [0.4, 0.5) is 0 Å². The van der Waals surface area contributed by atoms with Crippen molar-refractivity contribution in [3.63, 3.8) is 0 Å². The number of nitrogens with zero attached hydrogens (tertiary/aromatic N) is 1. The van der Waals surface area contributed by atoms with Gasteiger partial charge in [0.25, 0.3) is 0 Å². The second-order valence-corrected chi connectivity index (χ2v) is 5.37. The van der Waals surface area contributed by atoms with E-state index in [1.54, 1.807) is 0 Å². The van der Waals surface area contributed by atoms with E-state index in [1.807, 2.05) is 6.07 Å². The Kier molecular flexibility index (Phi) is 2.26. The molecule has 1 aromatic carbocycles. The maximum absolute atomic E-state index is 5.85. The van der Waals surface area contributed by atoms with Crippen LogP contribution < -0.4 is 5.73 Å². The van der Waals surface area contributed by atoms with Gasteiger partial charge in [0.2, 0.25) is 0 Å². The van der Waals surface area contributed by atoms with Gasteiger partial charge in [-0.1, -0.05) is 19.9 Å². The topological polar surface area (TPSA) is 52.0 Å². The van der Waals surface area contributed by atoms with Crippen molar-refractivity contribution in [1.82, 2.24) is 4.98 Å². The highest BCUT2D eigenvalue weighted by Crippen LogP contribution is 2.47. The largest absolute Gasteiger partial charge is 0.440 e. The molecular weight excluding hydrogens is 212 g/mol. The van der Waals surface area contributed by atoms with Crippen LogP contribution in [0.15, 0.2) is 22.6 Å². The van der Waals surface area contributed by atoms with Crippen LogP contribution in [0.25, 0.3) is 11.1 Å². The predicted octanol–water partition coefficient (Wildman–Crippen LogP) is 2.94. The summed E-state index contributed by atoms with van der Waals surface area (Å²) in [6, 6.07) is 6.31. The third-order valence-corrected chi connectivity index (χ3v) is 3.75. The van der Waals surface area contributed by atoms with Gasteiger partial charge >= 0.3 is 0 Å². The number of fused-ring (bicyclic) bond motifs is 1. The summed E-state index contributed by atoms with van der Waals surface area (Å²) >= 11 is 0. The standard InChI is InChI=1S/C14H18N2O/c1-9(2)13-16-11-7-10(3-4-12(11)17-13)14(8-15)5-6-14/h3-4,7,9H,5-6,8,15H2,1-2H3. The average molecular weight is 230 g/mol. The summed E-state index contributed by atoms with van der Waals surface area (Å²) in [5, 5.41) is 0. The molecule has 0 saturated heterocycles. The van der Waals surface area contributed by atoms with Gasteiger partial charge in [-0.25, -0.2) is 4.98 Å². The number of nitrogens with two attached hydrogens (primary N) is 1. The first-order chi connectivity index (χ1) is 8.14. The minimum Gasteiger partial charge on any atom is -0.440 e. The van der Waals surface area contributed by atoms with E-state index >= 15 is 0 Å². The molecule has 0 bridgehead atoms. The van der Waals surface area contributed by atoms with Crippen molar-refractivity contribution in [3.8, 4) is 0 Å². The summed E-state index contributed by atoms with van der Waals surface area (Å²) in [5.74, 6) is 1.14. The minimum absolute atomic E-state index is 0.227. The Morgan fingerprint density at radius 3 is 2.76 bits per heavy atom. The highest BCUT2D eigenvalue weighted by molar-refractivity contribution is 5.74. The lowest BCUT2D eigenvalue weighted by molar-refractivity contribution is 0.501. The molecule has 0 spiro atoms. The number of benzene rings is 1. The van der Waals surface area contributed by atoms with Crippen LogP contribution in [-0.2, 0) is 5.41 Å². The quantitative estimate of drug-likeness (QED) is 0.882. The Balaban J connectivity index is 2.07. The van der Waals surface area contributed by atoms with E-state index in [4.69, 9.17) is 10.2 Å². The maximum Gasteiger partial charge on any atom is 0.198 e. The summed E-state index contributed by atoms with van der Waals surface area (Å²) in [5.41, 5.74) is 9.24. The third-order valence-electron chi connectivity index (χ3n) is 3.75. The molecule has 1 fully saturated rings. The minimum atomic E-state index is 0.227. The molecule has 2 N–H and O–H groups in total. The van der Waals surface area contributed by atoms with E-state index in [1.165, 1.54) is 18.4 Å². The third kappa shape index (κ3) is 1.65. The smallest absolute Gasteiger partial charge is 0.198 e. The molecule has 0 atom stereocenters. The van der Waals surface area contributed by atoms with Crippen molar-refractivity contribution in [2.75, 3.05) is 6.54 Å². The van der Waals surface area contributed by atoms with Crippen molar-refractivity contribution in [2.45, 2.75) is 38.0 Å². The van der Waals surface area contributed by atoms with E-state index in [0.717, 1.165) is 23.5 Å². The summed E-state index contributed by atoms with van der Waals surface area (Å²) in [4.78, 5) is 4.54. The molecule has 3 heteroatoms. The second kappa shape index (κ2) is 3.57. The Bertz CT molecular complexity index is 552. The lowest BCUT2D eigenvalue weighted by Crippen LogP contribution is -2.19. The molecule has 3 nitrogen and oxygen atoms in total. The van der Waals surface area contributed by atoms with Crippen LogP contribution in [0.1, 0.15) is 44.1 Å². The SMILES string of the molecule is CC(C)c1nc2cc(C3(CN)CC3)ccc2o1. The fourth-order valence-electron chi connectivity index (χ4n) is 2.28. The molecule has 1 heterocycles. The summed E-state index contributed by atoms with van der Waals surface area (Å²) in [6.45, 7) is 4.91. The molecule has 0 aliphatic heterocycles. The van der Waals surface area contributed by atoms with Crippen LogP contribution >= 0.6 is 0 Å². The van der Waals surface area contributed by atoms with Crippen LogP contribution in [0, 0.1) is 0 Å². The maximum atomic E-state index is 5.85. The van der Waals surface area contributed by atoms with E-state index in [-0.39, 0.29) is 5.41 Å². The van der Waals surface area contributed by atoms with Gasteiger partial charge in [-0.15, -0.1) is 0 Å². The summed E-state index contributed by atoms with van der Waals surface area (Å²) < 4.78 is 5.71. The molecule has 2 aromatic rings. The van der Waals surface area contributed by atoms with Gasteiger partial charge in [-0.3, -0.25) is 0 Å². The molecule has 3 rings (SSSR count). The van der Waals surface area contributed by atoms with Gasteiger partial charge < -0.3 is 10.2 Å². The average Bonchev–Trinajstić information content (AvgIpc) is 3.00. The number of hydrogen-bond donors (Lipinski definition) is 1. The number of rotatable bonds is 3. The number of aromatic nitrogens is 1. The Labute approximate surface area is 101 Å². The number of oxazole rings is 1. The Hall–Kier alpha value is -1.35. The Morgan fingerprint density at radius 1 is 1.41 bits per heavy atom.